The second-order valence-corrected chi connectivity index (χ2v) is 4.14. The first-order valence-electron chi connectivity index (χ1n) is 6.35. The van der Waals surface area contributed by atoms with Crippen LogP contribution in [0.3, 0.4) is 0 Å². The molecule has 0 unspecified atom stereocenters. The molecule has 0 amide bonds. The molecule has 1 heterocycles. The standard InChI is InChI=1S/C14H18N4O2/c1-3-12-16-13(18-15)8-14(17-12)20-9-10-4-6-11(19-2)7-5-10/h4-8H,3,9,15H2,1-2H3,(H,16,17,18). The minimum Gasteiger partial charge on any atom is -0.497 e. The van der Waals surface area contributed by atoms with Gasteiger partial charge in [-0.3, -0.25) is 0 Å². The maximum Gasteiger partial charge on any atom is 0.219 e. The van der Waals surface area contributed by atoms with E-state index in [4.69, 9.17) is 15.3 Å². The first kappa shape index (κ1) is 14.1. The third-order valence-electron chi connectivity index (χ3n) is 2.76. The van der Waals surface area contributed by atoms with Crippen LogP contribution in [0, 0.1) is 0 Å². The van der Waals surface area contributed by atoms with Gasteiger partial charge in [0.15, 0.2) is 0 Å². The predicted molar refractivity (Wildman–Crippen MR) is 76.5 cm³/mol. The van der Waals surface area contributed by atoms with E-state index in [1.54, 1.807) is 13.2 Å². The van der Waals surface area contributed by atoms with Crippen LogP contribution in [0.5, 0.6) is 11.6 Å². The number of hydrogen-bond acceptors (Lipinski definition) is 6. The monoisotopic (exact) mass is 274 g/mol. The topological polar surface area (TPSA) is 82.3 Å². The molecule has 3 N–H and O–H groups in total. The smallest absolute Gasteiger partial charge is 0.219 e. The summed E-state index contributed by atoms with van der Waals surface area (Å²) in [7, 11) is 1.64. The van der Waals surface area contributed by atoms with E-state index in [0.29, 0.717) is 30.5 Å². The molecule has 0 spiro atoms. The van der Waals surface area contributed by atoms with E-state index in [-0.39, 0.29) is 0 Å². The number of aromatic nitrogens is 2. The van der Waals surface area contributed by atoms with Crippen LogP contribution in [0.1, 0.15) is 18.3 Å². The average molecular weight is 274 g/mol. The van der Waals surface area contributed by atoms with Crippen LogP contribution in [0.25, 0.3) is 0 Å². The number of nitrogens with one attached hydrogen (secondary N) is 1. The molecule has 6 nitrogen and oxygen atoms in total. The summed E-state index contributed by atoms with van der Waals surface area (Å²) in [6, 6.07) is 9.35. The number of anilines is 1. The van der Waals surface area contributed by atoms with Gasteiger partial charge in [0.25, 0.3) is 0 Å². The summed E-state index contributed by atoms with van der Waals surface area (Å²) in [4.78, 5) is 8.50. The van der Waals surface area contributed by atoms with Gasteiger partial charge in [-0.2, -0.15) is 4.98 Å². The fourth-order valence-electron chi connectivity index (χ4n) is 1.66. The lowest BCUT2D eigenvalue weighted by Gasteiger charge is -2.09. The molecule has 2 aromatic rings. The molecule has 0 aliphatic heterocycles. The Balaban J connectivity index is 2.05. The Morgan fingerprint density at radius 2 is 1.95 bits per heavy atom. The minimum absolute atomic E-state index is 0.425. The zero-order valence-electron chi connectivity index (χ0n) is 11.6. The van der Waals surface area contributed by atoms with Crippen molar-refractivity contribution in [1.29, 1.82) is 0 Å². The summed E-state index contributed by atoms with van der Waals surface area (Å²) in [5.41, 5.74) is 3.54. The Morgan fingerprint density at radius 3 is 2.55 bits per heavy atom. The van der Waals surface area contributed by atoms with Gasteiger partial charge in [-0.25, -0.2) is 10.8 Å². The van der Waals surface area contributed by atoms with Crippen molar-refractivity contribution in [3.8, 4) is 11.6 Å². The summed E-state index contributed by atoms with van der Waals surface area (Å²) in [5.74, 6) is 7.92. The average Bonchev–Trinajstić information content (AvgIpc) is 2.53. The van der Waals surface area contributed by atoms with Crippen LogP contribution in [0.15, 0.2) is 30.3 Å². The van der Waals surface area contributed by atoms with Crippen LogP contribution in [-0.4, -0.2) is 17.1 Å². The number of nitrogen functional groups attached to an aromatic ring is 1. The number of hydrogen-bond donors (Lipinski definition) is 2. The number of ether oxygens (including phenoxy) is 2. The molecule has 2 rings (SSSR count). The van der Waals surface area contributed by atoms with Crippen molar-refractivity contribution in [2.75, 3.05) is 12.5 Å². The molecular weight excluding hydrogens is 256 g/mol. The van der Waals surface area contributed by atoms with Crippen LogP contribution < -0.4 is 20.7 Å². The van der Waals surface area contributed by atoms with Crippen molar-refractivity contribution in [3.63, 3.8) is 0 Å². The summed E-state index contributed by atoms with van der Waals surface area (Å²) >= 11 is 0. The second kappa shape index (κ2) is 6.72. The second-order valence-electron chi connectivity index (χ2n) is 4.14. The molecule has 1 aromatic heterocycles. The Hall–Kier alpha value is -2.34. The van der Waals surface area contributed by atoms with Crippen molar-refractivity contribution in [2.45, 2.75) is 20.0 Å². The van der Waals surface area contributed by atoms with Crippen LogP contribution >= 0.6 is 0 Å². The van der Waals surface area contributed by atoms with E-state index in [2.05, 4.69) is 15.4 Å². The van der Waals surface area contributed by atoms with Gasteiger partial charge < -0.3 is 14.9 Å². The van der Waals surface area contributed by atoms with Gasteiger partial charge in [0.05, 0.1) is 7.11 Å². The number of nitrogens with zero attached hydrogens (tertiary/aromatic N) is 2. The highest BCUT2D eigenvalue weighted by Gasteiger charge is 2.04. The quantitative estimate of drug-likeness (QED) is 0.618. The number of hydrazine groups is 1. The van der Waals surface area contributed by atoms with E-state index in [1.807, 2.05) is 31.2 Å². The number of nitrogens with two attached hydrogens (primary N) is 1. The Labute approximate surface area is 117 Å². The van der Waals surface area contributed by atoms with Crippen LogP contribution in [0.4, 0.5) is 5.82 Å². The molecule has 0 saturated carbocycles. The zero-order valence-corrected chi connectivity index (χ0v) is 11.6. The molecule has 6 heteroatoms. The van der Waals surface area contributed by atoms with Gasteiger partial charge >= 0.3 is 0 Å². The Kier molecular flexibility index (Phi) is 4.73. The molecule has 0 fully saturated rings. The summed E-state index contributed by atoms with van der Waals surface area (Å²) in [6.45, 7) is 2.40. The van der Waals surface area contributed by atoms with E-state index < -0.39 is 0 Å². The van der Waals surface area contributed by atoms with Gasteiger partial charge in [0.2, 0.25) is 5.88 Å². The van der Waals surface area contributed by atoms with Crippen molar-refractivity contribution in [2.24, 2.45) is 5.84 Å². The third-order valence-corrected chi connectivity index (χ3v) is 2.76. The lowest BCUT2D eigenvalue weighted by Crippen LogP contribution is -2.11. The molecule has 0 atom stereocenters. The van der Waals surface area contributed by atoms with Gasteiger partial charge in [0.1, 0.15) is 24.0 Å². The first-order valence-corrected chi connectivity index (χ1v) is 6.35. The first-order chi connectivity index (χ1) is 9.75. The molecule has 1 aromatic carbocycles. The van der Waals surface area contributed by atoms with E-state index in [1.165, 1.54) is 0 Å². The van der Waals surface area contributed by atoms with Crippen molar-refractivity contribution < 1.29 is 9.47 Å². The van der Waals surface area contributed by atoms with E-state index in [0.717, 1.165) is 11.3 Å². The number of methoxy groups -OCH3 is 1. The number of aryl methyl sites for hydroxylation is 1. The molecule has 106 valence electrons. The Morgan fingerprint density at radius 1 is 1.20 bits per heavy atom. The third kappa shape index (κ3) is 3.58. The normalized spacial score (nSPS) is 10.2. The molecule has 0 aliphatic carbocycles. The van der Waals surface area contributed by atoms with Gasteiger partial charge in [-0.15, -0.1) is 0 Å². The van der Waals surface area contributed by atoms with E-state index in [9.17, 15) is 0 Å². The largest absolute Gasteiger partial charge is 0.497 e. The highest BCUT2D eigenvalue weighted by atomic mass is 16.5. The van der Waals surface area contributed by atoms with Crippen molar-refractivity contribution in [3.05, 3.63) is 41.7 Å². The van der Waals surface area contributed by atoms with Gasteiger partial charge in [-0.1, -0.05) is 19.1 Å². The highest BCUT2D eigenvalue weighted by Crippen LogP contribution is 2.16. The molecule has 20 heavy (non-hydrogen) atoms. The van der Waals surface area contributed by atoms with Crippen LogP contribution in [-0.2, 0) is 13.0 Å². The number of rotatable bonds is 6. The summed E-state index contributed by atoms with van der Waals surface area (Å²) < 4.78 is 10.8. The molecule has 0 bridgehead atoms. The highest BCUT2D eigenvalue weighted by molar-refractivity contribution is 5.37. The molecule has 0 radical (unpaired) electrons. The SMILES string of the molecule is CCc1nc(NN)cc(OCc2ccc(OC)cc2)n1. The fourth-order valence-corrected chi connectivity index (χ4v) is 1.66. The van der Waals surface area contributed by atoms with Crippen molar-refractivity contribution >= 4 is 5.82 Å². The van der Waals surface area contributed by atoms with Gasteiger partial charge in [-0.05, 0) is 17.7 Å². The molecule has 0 aliphatic rings. The number of benzene rings is 1. The fraction of sp³-hybridized carbons (Fsp3) is 0.286. The maximum atomic E-state index is 5.66. The predicted octanol–water partition coefficient (Wildman–Crippen LogP) is 1.91. The Bertz CT molecular complexity index is 535. The summed E-state index contributed by atoms with van der Waals surface area (Å²) in [6.07, 6.45) is 0.717. The lowest BCUT2D eigenvalue weighted by atomic mass is 10.2. The summed E-state index contributed by atoms with van der Waals surface area (Å²) in [5, 5.41) is 0. The lowest BCUT2D eigenvalue weighted by molar-refractivity contribution is 0.292. The van der Waals surface area contributed by atoms with Crippen LogP contribution in [0.2, 0.25) is 0 Å². The maximum absolute atomic E-state index is 5.66. The minimum atomic E-state index is 0.425. The zero-order chi connectivity index (χ0) is 14.4. The molecule has 0 saturated heterocycles. The van der Waals surface area contributed by atoms with Crippen molar-refractivity contribution in [1.82, 2.24) is 9.97 Å². The molecular formula is C14H18N4O2. The van der Waals surface area contributed by atoms with E-state index >= 15 is 0 Å². The van der Waals surface area contributed by atoms with Gasteiger partial charge in [0, 0.05) is 12.5 Å².